The molecule has 1 fully saturated rings. The third kappa shape index (κ3) is 2.71. The standard InChI is InChI=1S/C14H17F3N2/c15-14(16,17)8-19(11-3-4-11)13-6-1-9-7-10(18)2-5-12(9)13/h2,5,7,11,13H,1,3-4,6,8,18H2. The van der Waals surface area contributed by atoms with Gasteiger partial charge in [0.1, 0.15) is 0 Å². The van der Waals surface area contributed by atoms with E-state index >= 15 is 0 Å². The molecule has 5 heteroatoms. The number of fused-ring (bicyclic) bond motifs is 1. The molecule has 0 aromatic heterocycles. The van der Waals surface area contributed by atoms with Gasteiger partial charge in [-0.2, -0.15) is 13.2 Å². The highest BCUT2D eigenvalue weighted by molar-refractivity contribution is 5.47. The maximum absolute atomic E-state index is 12.7. The van der Waals surface area contributed by atoms with Crippen LogP contribution in [0.25, 0.3) is 0 Å². The van der Waals surface area contributed by atoms with Gasteiger partial charge in [0.05, 0.1) is 6.54 Å². The molecule has 2 aliphatic carbocycles. The molecule has 0 bridgehead atoms. The first kappa shape index (κ1) is 12.8. The Morgan fingerprint density at radius 1 is 1.21 bits per heavy atom. The topological polar surface area (TPSA) is 29.3 Å². The second kappa shape index (κ2) is 4.40. The van der Waals surface area contributed by atoms with Gasteiger partial charge in [-0.05, 0) is 48.9 Å². The van der Waals surface area contributed by atoms with Crippen molar-refractivity contribution < 1.29 is 13.2 Å². The van der Waals surface area contributed by atoms with Crippen LogP contribution in [0.1, 0.15) is 36.4 Å². The molecule has 1 aromatic carbocycles. The van der Waals surface area contributed by atoms with Crippen molar-refractivity contribution in [1.82, 2.24) is 4.90 Å². The van der Waals surface area contributed by atoms with Crippen LogP contribution in [0, 0.1) is 0 Å². The summed E-state index contributed by atoms with van der Waals surface area (Å²) in [5, 5.41) is 0. The number of hydrogen-bond donors (Lipinski definition) is 1. The first-order chi connectivity index (χ1) is 8.94. The van der Waals surface area contributed by atoms with Crippen molar-refractivity contribution in [3.05, 3.63) is 29.3 Å². The van der Waals surface area contributed by atoms with Crippen molar-refractivity contribution in [2.75, 3.05) is 12.3 Å². The number of aryl methyl sites for hydroxylation is 1. The predicted molar refractivity (Wildman–Crippen MR) is 67.7 cm³/mol. The molecular weight excluding hydrogens is 253 g/mol. The van der Waals surface area contributed by atoms with E-state index in [0.717, 1.165) is 36.8 Å². The first-order valence-corrected chi connectivity index (χ1v) is 6.65. The minimum absolute atomic E-state index is 0.0928. The number of hydrogen-bond acceptors (Lipinski definition) is 2. The van der Waals surface area contributed by atoms with Crippen LogP contribution in [0.4, 0.5) is 18.9 Å². The molecule has 1 saturated carbocycles. The number of alkyl halides is 3. The number of nitrogen functional groups attached to an aromatic ring is 1. The van der Waals surface area contributed by atoms with Crippen LogP contribution in [0.5, 0.6) is 0 Å². The molecule has 0 radical (unpaired) electrons. The van der Waals surface area contributed by atoms with Crippen LogP contribution < -0.4 is 5.73 Å². The van der Waals surface area contributed by atoms with E-state index in [2.05, 4.69) is 0 Å². The van der Waals surface area contributed by atoms with E-state index in [0.29, 0.717) is 5.69 Å². The van der Waals surface area contributed by atoms with Crippen molar-refractivity contribution >= 4 is 5.69 Å². The zero-order chi connectivity index (χ0) is 13.6. The monoisotopic (exact) mass is 270 g/mol. The quantitative estimate of drug-likeness (QED) is 0.854. The van der Waals surface area contributed by atoms with Crippen LogP contribution in [-0.2, 0) is 6.42 Å². The Morgan fingerprint density at radius 3 is 2.58 bits per heavy atom. The summed E-state index contributed by atoms with van der Waals surface area (Å²) in [6, 6.07) is 5.60. The molecule has 3 rings (SSSR count). The Labute approximate surface area is 110 Å². The summed E-state index contributed by atoms with van der Waals surface area (Å²) < 4.78 is 38.2. The lowest BCUT2D eigenvalue weighted by atomic mass is 10.1. The van der Waals surface area contributed by atoms with Gasteiger partial charge in [0.25, 0.3) is 0 Å². The largest absolute Gasteiger partial charge is 0.401 e. The van der Waals surface area contributed by atoms with Crippen molar-refractivity contribution in [2.24, 2.45) is 0 Å². The molecule has 104 valence electrons. The van der Waals surface area contributed by atoms with Crippen molar-refractivity contribution in [2.45, 2.75) is 43.9 Å². The minimum atomic E-state index is -4.13. The maximum Gasteiger partial charge on any atom is 0.401 e. The smallest absolute Gasteiger partial charge is 0.399 e. The molecule has 2 aliphatic rings. The molecule has 19 heavy (non-hydrogen) atoms. The van der Waals surface area contributed by atoms with Crippen LogP contribution in [0.2, 0.25) is 0 Å². The van der Waals surface area contributed by atoms with Gasteiger partial charge in [0.2, 0.25) is 0 Å². The predicted octanol–water partition coefficient (Wildman–Crippen LogP) is 3.28. The number of nitrogens with zero attached hydrogens (tertiary/aromatic N) is 1. The molecule has 0 aliphatic heterocycles. The lowest BCUT2D eigenvalue weighted by Crippen LogP contribution is -2.38. The highest BCUT2D eigenvalue weighted by Crippen LogP contribution is 2.43. The number of nitrogens with two attached hydrogens (primary N) is 1. The second-order valence-corrected chi connectivity index (χ2v) is 5.53. The molecule has 0 saturated heterocycles. The molecule has 2 nitrogen and oxygen atoms in total. The van der Waals surface area contributed by atoms with E-state index in [1.54, 1.807) is 11.0 Å². The van der Waals surface area contributed by atoms with E-state index in [9.17, 15) is 13.2 Å². The fraction of sp³-hybridized carbons (Fsp3) is 0.571. The van der Waals surface area contributed by atoms with Crippen LogP contribution in [0.15, 0.2) is 18.2 Å². The number of benzene rings is 1. The van der Waals surface area contributed by atoms with E-state index in [-0.39, 0.29) is 12.1 Å². The van der Waals surface area contributed by atoms with E-state index in [1.165, 1.54) is 0 Å². The van der Waals surface area contributed by atoms with Gasteiger partial charge in [0.15, 0.2) is 0 Å². The summed E-state index contributed by atoms with van der Waals surface area (Å²) >= 11 is 0. The maximum atomic E-state index is 12.7. The Balaban J connectivity index is 1.85. The highest BCUT2D eigenvalue weighted by atomic mass is 19.4. The van der Waals surface area contributed by atoms with Gasteiger partial charge in [0, 0.05) is 17.8 Å². The Morgan fingerprint density at radius 2 is 1.95 bits per heavy atom. The zero-order valence-electron chi connectivity index (χ0n) is 10.6. The zero-order valence-corrected chi connectivity index (χ0v) is 10.6. The normalized spacial score (nSPS) is 22.8. The molecule has 1 atom stereocenters. The highest BCUT2D eigenvalue weighted by Gasteiger charge is 2.43. The average molecular weight is 270 g/mol. The summed E-state index contributed by atoms with van der Waals surface area (Å²) in [4.78, 5) is 1.64. The second-order valence-electron chi connectivity index (χ2n) is 5.53. The first-order valence-electron chi connectivity index (χ1n) is 6.65. The van der Waals surface area contributed by atoms with Crippen molar-refractivity contribution in [3.63, 3.8) is 0 Å². The van der Waals surface area contributed by atoms with E-state index < -0.39 is 12.7 Å². The molecule has 0 spiro atoms. The van der Waals surface area contributed by atoms with Gasteiger partial charge < -0.3 is 5.73 Å². The van der Waals surface area contributed by atoms with Gasteiger partial charge >= 0.3 is 6.18 Å². The lowest BCUT2D eigenvalue weighted by Gasteiger charge is -2.30. The van der Waals surface area contributed by atoms with Crippen LogP contribution >= 0.6 is 0 Å². The summed E-state index contributed by atoms with van der Waals surface area (Å²) in [7, 11) is 0. The van der Waals surface area contributed by atoms with Crippen LogP contribution in [-0.4, -0.2) is 23.7 Å². The molecular formula is C14H17F3N2. The summed E-state index contributed by atoms with van der Waals surface area (Å²) in [5.41, 5.74) is 8.56. The van der Waals surface area contributed by atoms with Gasteiger partial charge in [-0.15, -0.1) is 0 Å². The number of halogens is 3. The van der Waals surface area contributed by atoms with Crippen LogP contribution in [0.3, 0.4) is 0 Å². The van der Waals surface area contributed by atoms with Crippen molar-refractivity contribution in [1.29, 1.82) is 0 Å². The third-order valence-corrected chi connectivity index (χ3v) is 3.99. The Bertz CT molecular complexity index is 480. The Kier molecular flexibility index (Phi) is 2.96. The summed E-state index contributed by atoms with van der Waals surface area (Å²) in [6.07, 6.45) is -0.760. The average Bonchev–Trinajstić information content (AvgIpc) is 3.06. The minimum Gasteiger partial charge on any atom is -0.399 e. The molecule has 2 N–H and O–H groups in total. The van der Waals surface area contributed by atoms with Gasteiger partial charge in [-0.25, -0.2) is 0 Å². The molecule has 0 amide bonds. The summed E-state index contributed by atoms with van der Waals surface area (Å²) in [5.74, 6) is 0. The van der Waals surface area contributed by atoms with Crippen molar-refractivity contribution in [3.8, 4) is 0 Å². The SMILES string of the molecule is Nc1ccc2c(c1)CCC2N(CC(F)(F)F)C1CC1. The number of rotatable bonds is 3. The Hall–Kier alpha value is -1.23. The van der Waals surface area contributed by atoms with E-state index in [4.69, 9.17) is 5.73 Å². The fourth-order valence-corrected chi connectivity index (χ4v) is 3.07. The van der Waals surface area contributed by atoms with E-state index in [1.807, 2.05) is 12.1 Å². The van der Waals surface area contributed by atoms with Gasteiger partial charge in [-0.1, -0.05) is 6.07 Å². The molecule has 1 unspecified atom stereocenters. The third-order valence-electron chi connectivity index (χ3n) is 3.99. The molecule has 1 aromatic rings. The number of anilines is 1. The fourth-order valence-electron chi connectivity index (χ4n) is 3.07. The lowest BCUT2D eigenvalue weighted by molar-refractivity contribution is -0.152. The molecule has 0 heterocycles. The van der Waals surface area contributed by atoms with Gasteiger partial charge in [-0.3, -0.25) is 4.90 Å². The summed E-state index contributed by atoms with van der Waals surface area (Å²) in [6.45, 7) is -0.799.